The molecule has 2 aliphatic rings. The van der Waals surface area contributed by atoms with Gasteiger partial charge in [0, 0.05) is 17.2 Å². The molecule has 0 aromatic heterocycles. The number of amides is 3. The van der Waals surface area contributed by atoms with Crippen molar-refractivity contribution in [2.45, 2.75) is 32.9 Å². The zero-order valence-corrected chi connectivity index (χ0v) is 18.3. The number of halogens is 1. The first-order valence-corrected chi connectivity index (χ1v) is 10.4. The van der Waals surface area contributed by atoms with Crippen molar-refractivity contribution in [1.29, 1.82) is 0 Å². The number of imide groups is 1. The minimum absolute atomic E-state index is 0.0142. The Hall–Kier alpha value is -1.99. The van der Waals surface area contributed by atoms with Crippen molar-refractivity contribution in [3.8, 4) is 0 Å². The number of rotatable bonds is 3. The van der Waals surface area contributed by atoms with E-state index in [1.807, 2.05) is 24.3 Å². The van der Waals surface area contributed by atoms with Gasteiger partial charge in [-0.25, -0.2) is 9.79 Å². The SMILES string of the molecule is CN1C(=O)C2C(SCc3ccc(Cl)cc3)=NC(CC(C)(C)C)=NC2=[N+](C)C1=O. The summed E-state index contributed by atoms with van der Waals surface area (Å²) >= 11 is 7.46. The molecule has 0 bridgehead atoms. The van der Waals surface area contributed by atoms with Crippen LogP contribution in [0.15, 0.2) is 34.3 Å². The Morgan fingerprint density at radius 2 is 1.82 bits per heavy atom. The van der Waals surface area contributed by atoms with Gasteiger partial charge < -0.3 is 0 Å². The molecule has 3 rings (SSSR count). The second-order valence-electron chi connectivity index (χ2n) is 8.16. The van der Waals surface area contributed by atoms with E-state index >= 15 is 0 Å². The Bertz CT molecular complexity index is 913. The lowest BCUT2D eigenvalue weighted by Crippen LogP contribution is -2.54. The lowest BCUT2D eigenvalue weighted by molar-refractivity contribution is -0.407. The molecule has 0 radical (unpaired) electrons. The highest BCUT2D eigenvalue weighted by atomic mass is 35.5. The summed E-state index contributed by atoms with van der Waals surface area (Å²) in [6.07, 6.45) is 0.653. The van der Waals surface area contributed by atoms with Crippen LogP contribution in [-0.2, 0) is 10.5 Å². The van der Waals surface area contributed by atoms with Crippen molar-refractivity contribution in [2.24, 2.45) is 21.3 Å². The van der Waals surface area contributed by atoms with Gasteiger partial charge in [-0.3, -0.25) is 4.79 Å². The fraction of sp³-hybridized carbons (Fsp3) is 0.450. The predicted molar refractivity (Wildman–Crippen MR) is 115 cm³/mol. The number of fused-ring (bicyclic) bond motifs is 1. The van der Waals surface area contributed by atoms with Crippen LogP contribution in [0.2, 0.25) is 5.02 Å². The topological polar surface area (TPSA) is 65.1 Å². The highest BCUT2D eigenvalue weighted by Gasteiger charge is 2.49. The summed E-state index contributed by atoms with van der Waals surface area (Å²) in [4.78, 5) is 35.7. The van der Waals surface area contributed by atoms with Crippen molar-refractivity contribution >= 4 is 52.0 Å². The van der Waals surface area contributed by atoms with Gasteiger partial charge in [0.25, 0.3) is 5.84 Å². The van der Waals surface area contributed by atoms with E-state index < -0.39 is 5.92 Å². The van der Waals surface area contributed by atoms with E-state index in [9.17, 15) is 9.59 Å². The maximum Gasteiger partial charge on any atom is 0.445 e. The van der Waals surface area contributed by atoms with Gasteiger partial charge in [-0.05, 0) is 23.1 Å². The number of nitrogens with zero attached hydrogens (tertiary/aromatic N) is 4. The van der Waals surface area contributed by atoms with Crippen LogP contribution in [0.5, 0.6) is 0 Å². The van der Waals surface area contributed by atoms with Gasteiger partial charge in [-0.1, -0.05) is 49.5 Å². The molecule has 0 spiro atoms. The molecule has 2 heterocycles. The van der Waals surface area contributed by atoms with Crippen molar-refractivity contribution < 1.29 is 14.2 Å². The number of hydrogen-bond acceptors (Lipinski definition) is 5. The third-order valence-corrected chi connectivity index (χ3v) is 5.82. The van der Waals surface area contributed by atoms with E-state index in [4.69, 9.17) is 16.6 Å². The number of aliphatic imine (C=N–C) groups is 2. The largest absolute Gasteiger partial charge is 0.445 e. The summed E-state index contributed by atoms with van der Waals surface area (Å²) in [6, 6.07) is 7.22. The van der Waals surface area contributed by atoms with Gasteiger partial charge >= 0.3 is 11.9 Å². The molecule has 8 heteroatoms. The molecule has 0 saturated heterocycles. The van der Waals surface area contributed by atoms with Crippen molar-refractivity contribution in [1.82, 2.24) is 4.90 Å². The molecule has 28 heavy (non-hydrogen) atoms. The van der Waals surface area contributed by atoms with Gasteiger partial charge in [0.05, 0.1) is 14.1 Å². The van der Waals surface area contributed by atoms with Gasteiger partial charge in [0.2, 0.25) is 5.84 Å². The van der Waals surface area contributed by atoms with Crippen LogP contribution in [0.25, 0.3) is 0 Å². The summed E-state index contributed by atoms with van der Waals surface area (Å²) < 4.78 is 1.45. The maximum absolute atomic E-state index is 12.9. The van der Waals surface area contributed by atoms with Crippen LogP contribution in [0, 0.1) is 11.3 Å². The number of urea groups is 1. The Kier molecular flexibility index (Phi) is 5.77. The van der Waals surface area contributed by atoms with Gasteiger partial charge in [0.1, 0.15) is 5.04 Å². The normalized spacial score (nSPS) is 20.2. The van der Waals surface area contributed by atoms with Gasteiger partial charge in [-0.15, -0.1) is 11.8 Å². The zero-order chi connectivity index (χ0) is 20.6. The lowest BCUT2D eigenvalue weighted by atomic mass is 9.91. The Balaban J connectivity index is 1.97. The summed E-state index contributed by atoms with van der Waals surface area (Å²) in [5.41, 5.74) is 1.07. The van der Waals surface area contributed by atoms with E-state index in [2.05, 4.69) is 25.8 Å². The monoisotopic (exact) mass is 419 g/mol. The maximum atomic E-state index is 12.9. The molecule has 2 aliphatic heterocycles. The summed E-state index contributed by atoms with van der Waals surface area (Å²) in [6.45, 7) is 6.32. The number of hydrogen-bond donors (Lipinski definition) is 0. The third kappa shape index (κ3) is 4.36. The number of benzene rings is 1. The quantitative estimate of drug-likeness (QED) is 0.693. The van der Waals surface area contributed by atoms with E-state index in [0.717, 1.165) is 10.5 Å². The number of thioether (sulfide) groups is 1. The molecule has 0 N–H and O–H groups in total. The zero-order valence-electron chi connectivity index (χ0n) is 16.7. The van der Waals surface area contributed by atoms with E-state index in [1.165, 1.54) is 23.4 Å². The van der Waals surface area contributed by atoms with Crippen LogP contribution in [0.1, 0.15) is 32.8 Å². The molecule has 0 fully saturated rings. The fourth-order valence-electron chi connectivity index (χ4n) is 3.03. The Labute approximate surface area is 174 Å². The van der Waals surface area contributed by atoms with Crippen molar-refractivity contribution in [3.63, 3.8) is 0 Å². The molecule has 148 valence electrons. The van der Waals surface area contributed by atoms with Crippen LogP contribution >= 0.6 is 23.4 Å². The molecule has 6 nitrogen and oxygen atoms in total. The molecule has 0 saturated carbocycles. The first-order chi connectivity index (χ1) is 13.1. The van der Waals surface area contributed by atoms with E-state index in [1.54, 1.807) is 7.05 Å². The minimum Gasteiger partial charge on any atom is -0.255 e. The first-order valence-electron chi connectivity index (χ1n) is 9.02. The Morgan fingerprint density at radius 3 is 2.43 bits per heavy atom. The number of amidine groups is 2. The minimum atomic E-state index is -0.645. The predicted octanol–water partition coefficient (Wildman–Crippen LogP) is 4.07. The first kappa shape index (κ1) is 20.7. The van der Waals surface area contributed by atoms with Gasteiger partial charge in [0.15, 0.2) is 5.92 Å². The molecule has 1 unspecified atom stereocenters. The molecule has 0 aliphatic carbocycles. The molecular formula is C20H24ClN4O2S+. The van der Waals surface area contributed by atoms with Crippen LogP contribution < -0.4 is 0 Å². The standard InChI is InChI=1S/C20H24ClN4O2S/c1-20(2,3)10-14-22-16-15(18(26)25(5)19(27)24(16)4)17(23-14)28-11-12-6-8-13(21)9-7-12/h6-9,15H,10-11H2,1-5H3/q+1. The van der Waals surface area contributed by atoms with Crippen molar-refractivity contribution in [2.75, 3.05) is 14.1 Å². The van der Waals surface area contributed by atoms with Gasteiger partial charge in [-0.2, -0.15) is 9.48 Å². The fourth-order valence-corrected chi connectivity index (χ4v) is 4.20. The highest BCUT2D eigenvalue weighted by molar-refractivity contribution is 8.13. The molecule has 1 aromatic carbocycles. The smallest absolute Gasteiger partial charge is 0.255 e. The summed E-state index contributed by atoms with van der Waals surface area (Å²) in [7, 11) is 3.15. The summed E-state index contributed by atoms with van der Waals surface area (Å²) in [5, 5.41) is 1.36. The van der Waals surface area contributed by atoms with Crippen molar-refractivity contribution in [3.05, 3.63) is 34.9 Å². The van der Waals surface area contributed by atoms with E-state index in [-0.39, 0.29) is 17.4 Å². The van der Waals surface area contributed by atoms with Crippen LogP contribution in [0.4, 0.5) is 4.79 Å². The second-order valence-corrected chi connectivity index (χ2v) is 9.59. The Morgan fingerprint density at radius 1 is 1.18 bits per heavy atom. The average molecular weight is 420 g/mol. The molecular weight excluding hydrogens is 396 g/mol. The molecule has 3 amide bonds. The third-order valence-electron chi connectivity index (χ3n) is 4.47. The highest BCUT2D eigenvalue weighted by Crippen LogP contribution is 2.30. The molecule has 1 atom stereocenters. The van der Waals surface area contributed by atoms with Crippen LogP contribution in [0.3, 0.4) is 0 Å². The number of carbonyl (C=O) groups is 2. The second kappa shape index (κ2) is 7.79. The number of carbonyl (C=O) groups excluding carboxylic acids is 2. The van der Waals surface area contributed by atoms with E-state index in [0.29, 0.717) is 33.9 Å². The average Bonchev–Trinajstić information content (AvgIpc) is 2.62. The summed E-state index contributed by atoms with van der Waals surface area (Å²) in [5.74, 6) is 0.820. The van der Waals surface area contributed by atoms with Crippen LogP contribution in [-0.4, -0.2) is 52.2 Å². The molecule has 1 aromatic rings. The lowest BCUT2D eigenvalue weighted by Gasteiger charge is -2.27.